The van der Waals surface area contributed by atoms with Crippen molar-refractivity contribution < 1.29 is 14.4 Å². The summed E-state index contributed by atoms with van der Waals surface area (Å²) in [6.45, 7) is 5.44. The predicted molar refractivity (Wildman–Crippen MR) is 100 cm³/mol. The van der Waals surface area contributed by atoms with Gasteiger partial charge in [-0.25, -0.2) is 0 Å². The van der Waals surface area contributed by atoms with Crippen LogP contribution in [0.25, 0.3) is 0 Å². The minimum atomic E-state index is -0.0845. The van der Waals surface area contributed by atoms with Gasteiger partial charge in [-0.05, 0) is 24.1 Å². The van der Waals surface area contributed by atoms with E-state index in [9.17, 15) is 14.4 Å². The first-order valence-electron chi connectivity index (χ1n) is 8.57. The van der Waals surface area contributed by atoms with E-state index in [2.05, 4.69) is 10.6 Å². The Balaban J connectivity index is 1.78. The molecule has 1 atom stereocenters. The molecule has 136 valence electrons. The summed E-state index contributed by atoms with van der Waals surface area (Å²) >= 11 is 1.30. The first-order chi connectivity index (χ1) is 12.0. The molecule has 0 aromatic heterocycles. The van der Waals surface area contributed by atoms with E-state index in [4.69, 9.17) is 0 Å². The molecule has 6 nitrogen and oxygen atoms in total. The Morgan fingerprint density at radius 2 is 2.16 bits per heavy atom. The first kappa shape index (κ1) is 19.3. The van der Waals surface area contributed by atoms with Gasteiger partial charge in [-0.3, -0.25) is 14.4 Å². The molecule has 1 aromatic carbocycles. The number of hydrogen-bond acceptors (Lipinski definition) is 4. The lowest BCUT2D eigenvalue weighted by Gasteiger charge is -2.14. The number of rotatable bonds is 8. The fourth-order valence-electron chi connectivity index (χ4n) is 2.36. The summed E-state index contributed by atoms with van der Waals surface area (Å²) in [6, 6.07) is 7.46. The fraction of sp³-hybridized carbons (Fsp3) is 0.500. The zero-order valence-corrected chi connectivity index (χ0v) is 15.5. The number of nitrogens with one attached hydrogen (secondary N) is 2. The highest BCUT2D eigenvalue weighted by Crippen LogP contribution is 2.17. The van der Waals surface area contributed by atoms with Crippen molar-refractivity contribution >= 4 is 34.5 Å². The minimum Gasteiger partial charge on any atom is -0.352 e. The molecular weight excluding hydrogens is 338 g/mol. The zero-order valence-electron chi connectivity index (χ0n) is 14.7. The molecule has 0 bridgehead atoms. The van der Waals surface area contributed by atoms with Gasteiger partial charge in [-0.1, -0.05) is 37.7 Å². The van der Waals surface area contributed by atoms with Crippen molar-refractivity contribution in [3.05, 3.63) is 29.8 Å². The monoisotopic (exact) mass is 363 g/mol. The number of benzene rings is 1. The van der Waals surface area contributed by atoms with Gasteiger partial charge in [-0.15, -0.1) is 0 Å². The molecule has 7 heteroatoms. The molecule has 1 heterocycles. The summed E-state index contributed by atoms with van der Waals surface area (Å²) in [7, 11) is 0. The van der Waals surface area contributed by atoms with E-state index in [1.807, 2.05) is 38.1 Å². The average Bonchev–Trinajstić information content (AvgIpc) is 3.02. The Hall–Kier alpha value is -2.02. The lowest BCUT2D eigenvalue weighted by Crippen LogP contribution is -2.30. The third-order valence-corrected chi connectivity index (χ3v) is 5.09. The van der Waals surface area contributed by atoms with Crippen LogP contribution in [0.1, 0.15) is 32.3 Å². The summed E-state index contributed by atoms with van der Waals surface area (Å²) in [5.74, 6) is 0.681. The van der Waals surface area contributed by atoms with Gasteiger partial charge >= 0.3 is 0 Å². The third kappa shape index (κ3) is 6.08. The maximum atomic E-state index is 11.9. The molecule has 1 aliphatic heterocycles. The van der Waals surface area contributed by atoms with E-state index in [1.54, 1.807) is 4.90 Å². The number of carbonyl (C=O) groups is 3. The van der Waals surface area contributed by atoms with Crippen LogP contribution >= 0.6 is 11.8 Å². The van der Waals surface area contributed by atoms with Crippen LogP contribution in [0, 0.1) is 5.92 Å². The SMILES string of the molecule is CCC(C)C(=O)Nc1cccc(CNC(=O)CCN2CCSC2=O)c1. The van der Waals surface area contributed by atoms with Crippen LogP contribution in [0.15, 0.2) is 24.3 Å². The molecule has 1 fully saturated rings. The van der Waals surface area contributed by atoms with E-state index in [1.165, 1.54) is 11.8 Å². The van der Waals surface area contributed by atoms with Crippen molar-refractivity contribution in [1.82, 2.24) is 10.2 Å². The van der Waals surface area contributed by atoms with Gasteiger partial charge in [0.25, 0.3) is 5.24 Å². The highest BCUT2D eigenvalue weighted by Gasteiger charge is 2.21. The van der Waals surface area contributed by atoms with Crippen LogP contribution in [0.5, 0.6) is 0 Å². The largest absolute Gasteiger partial charge is 0.352 e. The Kier molecular flexibility index (Phi) is 7.31. The van der Waals surface area contributed by atoms with Crippen LogP contribution in [0.2, 0.25) is 0 Å². The predicted octanol–water partition coefficient (Wildman–Crippen LogP) is 2.85. The van der Waals surface area contributed by atoms with Gasteiger partial charge in [0.1, 0.15) is 0 Å². The van der Waals surface area contributed by atoms with Crippen molar-refractivity contribution in [2.24, 2.45) is 5.92 Å². The number of carbonyl (C=O) groups excluding carboxylic acids is 3. The maximum absolute atomic E-state index is 11.9. The molecule has 1 unspecified atom stereocenters. The maximum Gasteiger partial charge on any atom is 0.281 e. The molecule has 1 aromatic rings. The van der Waals surface area contributed by atoms with Crippen LogP contribution < -0.4 is 10.6 Å². The van der Waals surface area contributed by atoms with E-state index in [0.717, 1.165) is 23.4 Å². The van der Waals surface area contributed by atoms with Crippen molar-refractivity contribution in [2.45, 2.75) is 33.2 Å². The highest BCUT2D eigenvalue weighted by molar-refractivity contribution is 8.13. The molecule has 0 saturated carbocycles. The van der Waals surface area contributed by atoms with E-state index >= 15 is 0 Å². The minimum absolute atomic E-state index is 0.00293. The summed E-state index contributed by atoms with van der Waals surface area (Å²) in [6.07, 6.45) is 1.09. The Morgan fingerprint density at radius 3 is 2.84 bits per heavy atom. The summed E-state index contributed by atoms with van der Waals surface area (Å²) < 4.78 is 0. The molecule has 3 amide bonds. The van der Waals surface area contributed by atoms with E-state index in [-0.39, 0.29) is 23.0 Å². The molecule has 0 aliphatic carbocycles. The zero-order chi connectivity index (χ0) is 18.2. The van der Waals surface area contributed by atoms with Gasteiger partial charge in [0.15, 0.2) is 0 Å². The van der Waals surface area contributed by atoms with Gasteiger partial charge in [0.05, 0.1) is 0 Å². The molecular formula is C18H25N3O3S. The quantitative estimate of drug-likeness (QED) is 0.744. The normalized spacial score (nSPS) is 15.1. The Bertz CT molecular complexity index is 636. The number of nitrogens with zero attached hydrogens (tertiary/aromatic N) is 1. The molecule has 0 spiro atoms. The van der Waals surface area contributed by atoms with Gasteiger partial charge in [-0.2, -0.15) is 0 Å². The second kappa shape index (κ2) is 9.46. The number of hydrogen-bond donors (Lipinski definition) is 2. The standard InChI is InChI=1S/C18H25N3O3S/c1-3-13(2)17(23)20-15-6-4-5-14(11-15)12-19-16(22)7-8-21-9-10-25-18(21)24/h4-6,11,13H,3,7-10,12H2,1-2H3,(H,19,22)(H,20,23). The average molecular weight is 363 g/mol. The van der Waals surface area contributed by atoms with Crippen LogP contribution in [-0.4, -0.2) is 40.8 Å². The lowest BCUT2D eigenvalue weighted by atomic mass is 10.1. The summed E-state index contributed by atoms with van der Waals surface area (Å²) in [5, 5.41) is 5.80. The van der Waals surface area contributed by atoms with E-state index < -0.39 is 0 Å². The second-order valence-electron chi connectivity index (χ2n) is 6.13. The van der Waals surface area contributed by atoms with Crippen LogP contribution in [-0.2, 0) is 16.1 Å². The van der Waals surface area contributed by atoms with Crippen molar-refractivity contribution in [2.75, 3.05) is 24.2 Å². The summed E-state index contributed by atoms with van der Waals surface area (Å²) in [5.41, 5.74) is 1.65. The number of thioether (sulfide) groups is 1. The van der Waals surface area contributed by atoms with Crippen LogP contribution in [0.4, 0.5) is 10.5 Å². The summed E-state index contributed by atoms with van der Waals surface area (Å²) in [4.78, 5) is 37.1. The topological polar surface area (TPSA) is 78.5 Å². The fourth-order valence-corrected chi connectivity index (χ4v) is 3.22. The first-order valence-corrected chi connectivity index (χ1v) is 9.56. The molecule has 2 N–H and O–H groups in total. The van der Waals surface area contributed by atoms with Gasteiger partial charge in [0.2, 0.25) is 11.8 Å². The third-order valence-electron chi connectivity index (χ3n) is 4.20. The van der Waals surface area contributed by atoms with Crippen LogP contribution in [0.3, 0.4) is 0 Å². The number of anilines is 1. The molecule has 25 heavy (non-hydrogen) atoms. The van der Waals surface area contributed by atoms with Crippen molar-refractivity contribution in [3.63, 3.8) is 0 Å². The Labute approximate surface area is 152 Å². The molecule has 1 aliphatic rings. The van der Waals surface area contributed by atoms with Gasteiger partial charge in [0, 0.05) is 43.4 Å². The molecule has 2 rings (SSSR count). The second-order valence-corrected chi connectivity index (χ2v) is 7.17. The van der Waals surface area contributed by atoms with E-state index in [0.29, 0.717) is 26.1 Å². The Morgan fingerprint density at radius 1 is 1.36 bits per heavy atom. The lowest BCUT2D eigenvalue weighted by molar-refractivity contribution is -0.121. The highest BCUT2D eigenvalue weighted by atomic mass is 32.2. The van der Waals surface area contributed by atoms with Gasteiger partial charge < -0.3 is 15.5 Å². The smallest absolute Gasteiger partial charge is 0.281 e. The molecule has 0 radical (unpaired) electrons. The molecule has 1 saturated heterocycles. The number of amides is 3. The van der Waals surface area contributed by atoms with Crippen molar-refractivity contribution in [1.29, 1.82) is 0 Å². The van der Waals surface area contributed by atoms with Crippen molar-refractivity contribution in [3.8, 4) is 0 Å².